The van der Waals surface area contributed by atoms with Gasteiger partial charge in [-0.1, -0.05) is 6.08 Å². The Morgan fingerprint density at radius 1 is 1.50 bits per heavy atom. The number of hydrogen-bond acceptors (Lipinski definition) is 3. The van der Waals surface area contributed by atoms with Gasteiger partial charge in [-0.05, 0) is 42.7 Å². The largest absolute Gasteiger partial charge is 0.492 e. The van der Waals surface area contributed by atoms with Crippen LogP contribution in [0.1, 0.15) is 23.2 Å². The highest BCUT2D eigenvalue weighted by Gasteiger charge is 2.22. The molecule has 0 heterocycles. The topological polar surface area (TPSA) is 35.5 Å². The Bertz CT molecular complexity index is 499. The number of halogens is 2. The number of benzene rings is 1. The summed E-state index contributed by atoms with van der Waals surface area (Å²) in [5, 5.41) is -0.906. The monoisotopic (exact) mass is 270 g/mol. The summed E-state index contributed by atoms with van der Waals surface area (Å²) in [4.78, 5) is 11.2. The van der Waals surface area contributed by atoms with E-state index in [1.165, 1.54) is 13.2 Å². The van der Waals surface area contributed by atoms with Crippen LogP contribution in [0, 0.1) is 5.82 Å². The summed E-state index contributed by atoms with van der Waals surface area (Å²) >= 11 is 5.35. The molecule has 1 unspecified atom stereocenters. The molecule has 5 heteroatoms. The normalized spacial score (nSPS) is 17.8. The maximum Gasteiger partial charge on any atom is 0.259 e. The van der Waals surface area contributed by atoms with Crippen molar-refractivity contribution in [2.24, 2.45) is 0 Å². The van der Waals surface area contributed by atoms with E-state index in [-0.39, 0.29) is 17.4 Å². The van der Waals surface area contributed by atoms with Crippen LogP contribution >= 0.6 is 11.6 Å². The molecule has 0 aromatic heterocycles. The van der Waals surface area contributed by atoms with Crippen molar-refractivity contribution in [1.29, 1.82) is 0 Å². The van der Waals surface area contributed by atoms with E-state index in [2.05, 4.69) is 0 Å². The van der Waals surface area contributed by atoms with Crippen LogP contribution in [-0.2, 0) is 0 Å². The van der Waals surface area contributed by atoms with E-state index in [1.807, 2.05) is 12.2 Å². The van der Waals surface area contributed by atoms with Gasteiger partial charge in [0.15, 0.2) is 11.5 Å². The molecule has 1 aromatic rings. The molecule has 0 fully saturated rings. The summed E-state index contributed by atoms with van der Waals surface area (Å²) in [7, 11) is 1.34. The van der Waals surface area contributed by atoms with Crippen molar-refractivity contribution in [3.63, 3.8) is 0 Å². The lowest BCUT2D eigenvalue weighted by atomic mass is 10.2. The summed E-state index contributed by atoms with van der Waals surface area (Å²) in [5.41, 5.74) is -0.293. The zero-order valence-electron chi connectivity index (χ0n) is 9.78. The van der Waals surface area contributed by atoms with Gasteiger partial charge < -0.3 is 9.47 Å². The Balaban J connectivity index is 2.37. The van der Waals surface area contributed by atoms with Gasteiger partial charge in [0.2, 0.25) is 0 Å². The minimum atomic E-state index is -0.906. The molecule has 1 atom stereocenters. The summed E-state index contributed by atoms with van der Waals surface area (Å²) < 4.78 is 24.2. The zero-order chi connectivity index (χ0) is 13.1. The Morgan fingerprint density at radius 2 is 2.28 bits per heavy atom. The average molecular weight is 271 g/mol. The van der Waals surface area contributed by atoms with E-state index in [4.69, 9.17) is 21.1 Å². The fourth-order valence-corrected chi connectivity index (χ4v) is 2.06. The predicted octanol–water partition coefficient (Wildman–Crippen LogP) is 3.31. The molecule has 0 spiro atoms. The third-order valence-corrected chi connectivity index (χ3v) is 2.91. The van der Waals surface area contributed by atoms with Gasteiger partial charge in [0.25, 0.3) is 5.24 Å². The Kier molecular flexibility index (Phi) is 3.87. The fraction of sp³-hybridized carbons (Fsp3) is 0.308. The summed E-state index contributed by atoms with van der Waals surface area (Å²) in [6.07, 6.45) is 5.64. The molecule has 1 aliphatic carbocycles. The average Bonchev–Trinajstić information content (AvgIpc) is 2.83. The molecule has 0 N–H and O–H groups in total. The molecule has 1 aromatic carbocycles. The highest BCUT2D eigenvalue weighted by molar-refractivity contribution is 6.68. The Hall–Kier alpha value is -1.55. The number of hydrogen-bond donors (Lipinski definition) is 0. The molecule has 18 heavy (non-hydrogen) atoms. The summed E-state index contributed by atoms with van der Waals surface area (Å²) in [6.45, 7) is 0. The molecular formula is C13H12ClFO3. The lowest BCUT2D eigenvalue weighted by molar-refractivity contribution is 0.107. The minimum Gasteiger partial charge on any atom is -0.492 e. The zero-order valence-corrected chi connectivity index (χ0v) is 10.5. The van der Waals surface area contributed by atoms with Crippen LogP contribution in [0.25, 0.3) is 0 Å². The second-order valence-corrected chi connectivity index (χ2v) is 4.23. The predicted molar refractivity (Wildman–Crippen MR) is 65.9 cm³/mol. The molecule has 2 rings (SSSR count). The highest BCUT2D eigenvalue weighted by Crippen LogP contribution is 2.35. The first-order chi connectivity index (χ1) is 8.63. The first-order valence-corrected chi connectivity index (χ1v) is 5.91. The van der Waals surface area contributed by atoms with Gasteiger partial charge in [-0.2, -0.15) is 0 Å². The van der Waals surface area contributed by atoms with Crippen LogP contribution in [0.2, 0.25) is 0 Å². The van der Waals surface area contributed by atoms with E-state index in [1.54, 1.807) is 0 Å². The van der Waals surface area contributed by atoms with Crippen LogP contribution in [-0.4, -0.2) is 18.5 Å². The Labute approximate surface area is 109 Å². The lowest BCUT2D eigenvalue weighted by Crippen LogP contribution is -2.12. The quantitative estimate of drug-likeness (QED) is 0.622. The second-order valence-electron chi connectivity index (χ2n) is 3.89. The number of carbonyl (C=O) groups is 1. The van der Waals surface area contributed by atoms with Gasteiger partial charge in [-0.3, -0.25) is 4.79 Å². The van der Waals surface area contributed by atoms with Crippen molar-refractivity contribution >= 4 is 16.8 Å². The van der Waals surface area contributed by atoms with E-state index < -0.39 is 11.1 Å². The molecular weight excluding hydrogens is 259 g/mol. The molecule has 0 saturated carbocycles. The number of ether oxygens (including phenoxy) is 2. The van der Waals surface area contributed by atoms with Crippen LogP contribution in [0.4, 0.5) is 4.39 Å². The van der Waals surface area contributed by atoms with Gasteiger partial charge in [0.05, 0.1) is 7.11 Å². The second kappa shape index (κ2) is 5.40. The van der Waals surface area contributed by atoms with E-state index in [9.17, 15) is 9.18 Å². The van der Waals surface area contributed by atoms with Crippen molar-refractivity contribution in [1.82, 2.24) is 0 Å². The summed E-state index contributed by atoms with van der Waals surface area (Å²) in [6, 6.07) is 2.58. The number of carbonyl (C=O) groups excluding carboxylic acids is 1. The summed E-state index contributed by atoms with van der Waals surface area (Å²) in [5.74, 6) is -0.365. The van der Waals surface area contributed by atoms with Crippen LogP contribution in [0.3, 0.4) is 0 Å². The van der Waals surface area contributed by atoms with E-state index in [0.29, 0.717) is 5.75 Å². The number of methoxy groups -OCH3 is 1. The van der Waals surface area contributed by atoms with Crippen LogP contribution in [0.15, 0.2) is 24.3 Å². The van der Waals surface area contributed by atoms with Crippen molar-refractivity contribution < 1.29 is 18.7 Å². The van der Waals surface area contributed by atoms with E-state index >= 15 is 0 Å². The minimum absolute atomic E-state index is 0.0373. The third-order valence-electron chi connectivity index (χ3n) is 2.72. The molecule has 3 nitrogen and oxygen atoms in total. The smallest absolute Gasteiger partial charge is 0.259 e. The molecule has 0 amide bonds. The Morgan fingerprint density at radius 3 is 2.83 bits per heavy atom. The van der Waals surface area contributed by atoms with Crippen molar-refractivity contribution in [3.8, 4) is 11.5 Å². The van der Waals surface area contributed by atoms with Crippen LogP contribution < -0.4 is 9.47 Å². The van der Waals surface area contributed by atoms with Gasteiger partial charge in [0, 0.05) is 0 Å². The third kappa shape index (κ3) is 2.48. The fourth-order valence-electron chi connectivity index (χ4n) is 1.88. The molecule has 0 radical (unpaired) electrons. The maximum absolute atomic E-state index is 13.5. The van der Waals surface area contributed by atoms with Gasteiger partial charge >= 0.3 is 0 Å². The molecule has 0 saturated heterocycles. The molecule has 0 bridgehead atoms. The van der Waals surface area contributed by atoms with Crippen LogP contribution in [0.5, 0.6) is 11.5 Å². The van der Waals surface area contributed by atoms with Crippen molar-refractivity contribution in [3.05, 3.63) is 35.7 Å². The van der Waals surface area contributed by atoms with Gasteiger partial charge in [0.1, 0.15) is 17.5 Å². The van der Waals surface area contributed by atoms with Crippen molar-refractivity contribution in [2.45, 2.75) is 18.9 Å². The number of allylic oxidation sites excluding steroid dienone is 1. The molecule has 96 valence electrons. The SMILES string of the molecule is COc1c(OC2C=CCC2)ccc(F)c1C(=O)Cl. The van der Waals surface area contributed by atoms with Gasteiger partial charge in [-0.25, -0.2) is 4.39 Å². The maximum atomic E-state index is 13.5. The first-order valence-electron chi connectivity index (χ1n) is 5.53. The molecule has 0 aliphatic heterocycles. The lowest BCUT2D eigenvalue weighted by Gasteiger charge is -2.16. The molecule has 1 aliphatic rings. The van der Waals surface area contributed by atoms with Gasteiger partial charge in [-0.15, -0.1) is 0 Å². The van der Waals surface area contributed by atoms with E-state index in [0.717, 1.165) is 18.9 Å². The highest BCUT2D eigenvalue weighted by atomic mass is 35.5. The number of rotatable bonds is 4. The van der Waals surface area contributed by atoms with Crippen molar-refractivity contribution in [2.75, 3.05) is 7.11 Å². The standard InChI is InChI=1S/C13H12ClFO3/c1-17-12-10(18-8-4-2-3-5-8)7-6-9(15)11(12)13(14)16/h2,4,6-8H,3,5H2,1H3. The first kappa shape index (κ1) is 12.9.